The summed E-state index contributed by atoms with van der Waals surface area (Å²) >= 11 is 6.67. The number of carbonyl (C=O) groups is 2. The molecule has 0 unspecified atom stereocenters. The van der Waals surface area contributed by atoms with Crippen molar-refractivity contribution in [3.8, 4) is 10.4 Å². The van der Waals surface area contributed by atoms with Crippen molar-refractivity contribution >= 4 is 82.2 Å². The minimum atomic E-state index is -3.77. The molecule has 2 amide bonds. The van der Waals surface area contributed by atoms with E-state index in [0.717, 1.165) is 65.0 Å². The molecule has 8 rings (SSSR count). The Bertz CT molecular complexity index is 2630. The number of nitrogen functional groups attached to an aromatic ring is 2. The van der Waals surface area contributed by atoms with Crippen LogP contribution in [0.5, 0.6) is 0 Å². The lowest BCUT2D eigenvalue weighted by Crippen LogP contribution is -2.44. The summed E-state index contributed by atoms with van der Waals surface area (Å²) in [6.45, 7) is 14.5. The Labute approximate surface area is 435 Å². The number of carbonyl (C=O) groups excluding carboxylic acids is 2. The normalized spacial score (nSPS) is 20.8. The van der Waals surface area contributed by atoms with Gasteiger partial charge in [0.2, 0.25) is 20.0 Å². The van der Waals surface area contributed by atoms with Crippen molar-refractivity contribution < 1.29 is 45.4 Å². The predicted octanol–water partition coefficient (Wildman–Crippen LogP) is 8.97. The molecular formula is C48H71BrN8O10S4. The molecule has 0 radical (unpaired) electrons. The molecule has 0 spiro atoms. The van der Waals surface area contributed by atoms with Crippen molar-refractivity contribution in [2.75, 3.05) is 37.9 Å². The van der Waals surface area contributed by atoms with E-state index in [4.69, 9.17) is 30.4 Å². The van der Waals surface area contributed by atoms with Crippen LogP contribution in [0, 0.1) is 6.92 Å². The van der Waals surface area contributed by atoms with Gasteiger partial charge in [-0.1, -0.05) is 19.6 Å². The van der Waals surface area contributed by atoms with E-state index in [-0.39, 0.29) is 59.6 Å². The van der Waals surface area contributed by atoms with Gasteiger partial charge in [0, 0.05) is 58.1 Å². The molecule has 71 heavy (non-hydrogen) atoms. The molecule has 23 heteroatoms. The second-order valence-corrected chi connectivity index (χ2v) is 26.9. The summed E-state index contributed by atoms with van der Waals surface area (Å²) < 4.78 is 77.2. The molecule has 2 aromatic carbocycles. The second kappa shape index (κ2) is 24.9. The van der Waals surface area contributed by atoms with Crippen molar-refractivity contribution in [1.29, 1.82) is 0 Å². The summed E-state index contributed by atoms with van der Waals surface area (Å²) in [7, 11) is -7.27. The first-order chi connectivity index (χ1) is 32.8. The van der Waals surface area contributed by atoms with E-state index in [1.165, 1.54) is 28.5 Å². The first kappa shape index (κ1) is 58.0. The minimum Gasteiger partial charge on any atom is -0.441 e. The Hall–Kier alpha value is -3.94. The zero-order valence-corrected chi connectivity index (χ0v) is 45.6. The number of thiazole rings is 2. The quantitative estimate of drug-likeness (QED) is 0.0766. The summed E-state index contributed by atoms with van der Waals surface area (Å²) in [5, 5.41) is 8.08. The van der Waals surface area contributed by atoms with E-state index < -0.39 is 31.1 Å². The van der Waals surface area contributed by atoms with Crippen LogP contribution in [0.25, 0.3) is 10.4 Å². The number of sulfonamides is 2. The number of nitrogens with one attached hydrogen (secondary N) is 4. The number of nitrogens with two attached hydrogens (primary N) is 2. The van der Waals surface area contributed by atoms with Gasteiger partial charge in [0.15, 0.2) is 12.2 Å². The first-order valence-corrected chi connectivity index (χ1v) is 28.7. The van der Waals surface area contributed by atoms with Gasteiger partial charge < -0.3 is 41.0 Å². The Kier molecular flexibility index (Phi) is 20.3. The van der Waals surface area contributed by atoms with Crippen LogP contribution in [0.3, 0.4) is 0 Å². The van der Waals surface area contributed by atoms with Crippen LogP contribution in [0.15, 0.2) is 62.4 Å². The number of aryl methyl sites for hydroxylation is 1. The van der Waals surface area contributed by atoms with E-state index in [9.17, 15) is 26.4 Å². The predicted molar refractivity (Wildman–Crippen MR) is 283 cm³/mol. The highest BCUT2D eigenvalue weighted by Crippen LogP contribution is 2.40. The molecule has 18 nitrogen and oxygen atoms in total. The van der Waals surface area contributed by atoms with Gasteiger partial charge in [-0.2, -0.15) is 0 Å². The Morgan fingerprint density at radius 2 is 1.08 bits per heavy atom. The van der Waals surface area contributed by atoms with Gasteiger partial charge in [-0.15, -0.1) is 22.7 Å². The van der Waals surface area contributed by atoms with Gasteiger partial charge in [0.05, 0.1) is 61.1 Å². The molecule has 2 aliphatic carbocycles. The smallest absolute Gasteiger partial charge is 0.407 e. The number of amides is 2. The molecule has 4 heterocycles. The average Bonchev–Trinajstić information content (AvgIpc) is 3.91. The van der Waals surface area contributed by atoms with E-state index in [1.54, 1.807) is 90.3 Å². The van der Waals surface area contributed by atoms with Gasteiger partial charge in [-0.05, 0) is 146 Å². The number of anilines is 2. The molecule has 2 aromatic heterocycles. The molecule has 4 aromatic rings. The molecule has 394 valence electrons. The molecule has 0 atom stereocenters. The highest BCUT2D eigenvalue weighted by molar-refractivity contribution is 9.11. The number of rotatable bonds is 11. The number of nitrogens with zero attached hydrogens (tertiary/aromatic N) is 2. The molecule has 4 aliphatic rings. The van der Waals surface area contributed by atoms with Crippen molar-refractivity contribution in [1.82, 2.24) is 30.0 Å². The lowest BCUT2D eigenvalue weighted by Gasteiger charge is -2.30. The van der Waals surface area contributed by atoms with Crippen LogP contribution in [-0.2, 0) is 39.0 Å². The summed E-state index contributed by atoms with van der Waals surface area (Å²) in [6, 6.07) is 10.1. The zero-order chi connectivity index (χ0) is 51.0. The summed E-state index contributed by atoms with van der Waals surface area (Å²) in [4.78, 5) is 33.9. The Morgan fingerprint density at radius 1 is 0.662 bits per heavy atom. The minimum absolute atomic E-state index is 0. The SMILES string of the molecule is C.CC(C)(C)NS(=O)(=O)c1cc(N)ccc1-c1cnc(C2CCC(NC(=O)OC3COC3)CC2)s1.Cc1ccc(N)cc1S(=O)(=O)NC(C)(C)C.O=C(NC1CCC(c2ncc(Br)s2)CC1)OC1COC1. The highest BCUT2D eigenvalue weighted by atomic mass is 79.9. The van der Waals surface area contributed by atoms with E-state index >= 15 is 0 Å². The highest BCUT2D eigenvalue weighted by Gasteiger charge is 2.32. The largest absolute Gasteiger partial charge is 0.441 e. The molecule has 2 aliphatic heterocycles. The van der Waals surface area contributed by atoms with Crippen LogP contribution < -0.4 is 31.5 Å². The maximum Gasteiger partial charge on any atom is 0.407 e. The van der Waals surface area contributed by atoms with E-state index in [0.29, 0.717) is 54.8 Å². The fourth-order valence-corrected chi connectivity index (χ4v) is 14.1. The molecule has 8 N–H and O–H groups in total. The molecular weight excluding hydrogens is 1060 g/mol. The topological polar surface area (TPSA) is 265 Å². The van der Waals surface area contributed by atoms with Crippen molar-refractivity contribution in [2.24, 2.45) is 0 Å². The first-order valence-electron chi connectivity index (χ1n) is 23.3. The number of hydrogen-bond acceptors (Lipinski definition) is 16. The monoisotopic (exact) mass is 1130 g/mol. The lowest BCUT2D eigenvalue weighted by molar-refractivity contribution is -0.0985. The van der Waals surface area contributed by atoms with Crippen LogP contribution >= 0.6 is 38.6 Å². The number of benzene rings is 2. The van der Waals surface area contributed by atoms with E-state index in [2.05, 4.69) is 46.0 Å². The number of hydrogen-bond donors (Lipinski definition) is 6. The van der Waals surface area contributed by atoms with Crippen LogP contribution in [0.4, 0.5) is 21.0 Å². The summed E-state index contributed by atoms with van der Waals surface area (Å²) in [5.41, 5.74) is 12.5. The molecule has 2 saturated heterocycles. The van der Waals surface area contributed by atoms with Crippen LogP contribution in [0.2, 0.25) is 0 Å². The number of ether oxygens (including phenoxy) is 4. The summed E-state index contributed by atoms with van der Waals surface area (Å²) in [5.74, 6) is 0.801. The third-order valence-corrected chi connectivity index (χ3v) is 18.1. The summed E-state index contributed by atoms with van der Waals surface area (Å²) in [6.07, 6.45) is 10.3. The number of aromatic nitrogens is 2. The third kappa shape index (κ3) is 17.6. The van der Waals surface area contributed by atoms with Crippen molar-refractivity contribution in [2.45, 2.75) is 164 Å². The fraction of sp³-hybridized carbons (Fsp3) is 0.583. The number of alkyl carbamates (subject to hydrolysis) is 2. The maximum absolute atomic E-state index is 13.1. The zero-order valence-electron chi connectivity index (χ0n) is 40.7. The van der Waals surface area contributed by atoms with Gasteiger partial charge in [-0.3, -0.25) is 0 Å². The maximum atomic E-state index is 13.1. The van der Waals surface area contributed by atoms with Gasteiger partial charge in [0.1, 0.15) is 0 Å². The van der Waals surface area contributed by atoms with E-state index in [1.807, 2.05) is 6.20 Å². The lowest BCUT2D eigenvalue weighted by atomic mass is 9.86. The van der Waals surface area contributed by atoms with Crippen molar-refractivity contribution in [3.05, 3.63) is 68.2 Å². The third-order valence-electron chi connectivity index (χ3n) is 11.5. The standard InChI is InChI=1S/C23H32N4O5S2.C13H17BrN2O3S.C11H18N2O2S.CH4/c1-23(2,3)27-34(29,30)20-10-15(24)6-9-18(20)19-11-25-21(33-19)14-4-7-16(8-5-14)26-22(28)32-17-12-31-13-17;14-11-5-15-12(20-11)8-1-3-9(4-2-8)16-13(17)19-10-6-18-7-10;1-8-5-6-9(12)7-10(8)16(14,15)13-11(2,3)4;/h6,9-11,14,16-17,27H,4-5,7-8,12-13,24H2,1-3H3,(H,26,28);5,8-10H,1-4,6-7H2,(H,16,17);5-7,13H,12H2,1-4H3;1H4. The van der Waals surface area contributed by atoms with Gasteiger partial charge in [0.25, 0.3) is 0 Å². The number of halogens is 1. The fourth-order valence-electron chi connectivity index (χ4n) is 8.08. The average molecular weight is 1130 g/mol. The van der Waals surface area contributed by atoms with Gasteiger partial charge >= 0.3 is 12.2 Å². The Balaban J connectivity index is 0.000000215. The van der Waals surface area contributed by atoms with Crippen molar-refractivity contribution in [3.63, 3.8) is 0 Å². The van der Waals surface area contributed by atoms with Crippen LogP contribution in [-0.4, -0.2) is 101 Å². The molecule has 2 saturated carbocycles. The van der Waals surface area contributed by atoms with Crippen LogP contribution in [0.1, 0.15) is 128 Å². The van der Waals surface area contributed by atoms with Gasteiger partial charge in [-0.25, -0.2) is 45.8 Å². The molecule has 4 fully saturated rings. The second-order valence-electron chi connectivity index (χ2n) is 20.1. The Morgan fingerprint density at radius 3 is 1.51 bits per heavy atom. The molecule has 0 bridgehead atoms.